The third-order valence-corrected chi connectivity index (χ3v) is 3.53. The molecule has 3 nitrogen and oxygen atoms in total. The van der Waals surface area contributed by atoms with Gasteiger partial charge < -0.3 is 10.4 Å². The molecule has 1 aliphatic rings. The Balaban J connectivity index is 1.77. The van der Waals surface area contributed by atoms with Crippen molar-refractivity contribution in [2.45, 2.75) is 24.9 Å². The van der Waals surface area contributed by atoms with E-state index in [1.165, 1.54) is 16.3 Å². The summed E-state index contributed by atoms with van der Waals surface area (Å²) in [5.74, 6) is 0. The average molecular weight is 228 g/mol. The predicted molar refractivity (Wildman–Crippen MR) is 67.6 cm³/mol. The van der Waals surface area contributed by atoms with Crippen LogP contribution in [-0.2, 0) is 6.54 Å². The molecule has 17 heavy (non-hydrogen) atoms. The zero-order chi connectivity index (χ0) is 11.7. The van der Waals surface area contributed by atoms with Gasteiger partial charge in [-0.05, 0) is 35.9 Å². The second-order valence-electron chi connectivity index (χ2n) is 4.85. The highest BCUT2D eigenvalue weighted by atomic mass is 16.3. The Hall–Kier alpha value is -1.45. The largest absolute Gasteiger partial charge is 0.394 e. The van der Waals surface area contributed by atoms with Crippen molar-refractivity contribution in [2.75, 3.05) is 6.61 Å². The SMILES string of the molecule is OCC1(NCc2ccc3cnccc3c2)CC1. The third kappa shape index (κ3) is 2.16. The van der Waals surface area contributed by atoms with Crippen LogP contribution in [0.3, 0.4) is 0 Å². The van der Waals surface area contributed by atoms with Gasteiger partial charge in [-0.3, -0.25) is 4.98 Å². The minimum atomic E-state index is 0.00714. The van der Waals surface area contributed by atoms with E-state index in [1.54, 1.807) is 0 Å². The molecule has 3 heteroatoms. The van der Waals surface area contributed by atoms with Crippen molar-refractivity contribution in [3.05, 3.63) is 42.2 Å². The molecular weight excluding hydrogens is 212 g/mol. The number of aromatic nitrogens is 1. The fourth-order valence-corrected chi connectivity index (χ4v) is 2.07. The molecule has 0 unspecified atom stereocenters. The van der Waals surface area contributed by atoms with Crippen LogP contribution in [0.4, 0.5) is 0 Å². The van der Waals surface area contributed by atoms with Gasteiger partial charge in [-0.15, -0.1) is 0 Å². The summed E-state index contributed by atoms with van der Waals surface area (Å²) in [6.45, 7) is 1.06. The lowest BCUT2D eigenvalue weighted by molar-refractivity contribution is 0.229. The van der Waals surface area contributed by atoms with Gasteiger partial charge in [0.1, 0.15) is 0 Å². The first kappa shape index (κ1) is 10.7. The van der Waals surface area contributed by atoms with E-state index in [-0.39, 0.29) is 12.1 Å². The van der Waals surface area contributed by atoms with E-state index in [0.29, 0.717) is 0 Å². The summed E-state index contributed by atoms with van der Waals surface area (Å²) >= 11 is 0. The van der Waals surface area contributed by atoms with Crippen LogP contribution in [0.1, 0.15) is 18.4 Å². The summed E-state index contributed by atoms with van der Waals surface area (Å²) in [5.41, 5.74) is 1.26. The molecule has 1 aromatic carbocycles. The maximum absolute atomic E-state index is 9.24. The fourth-order valence-electron chi connectivity index (χ4n) is 2.07. The molecular formula is C14H16N2O. The summed E-state index contributed by atoms with van der Waals surface area (Å²) < 4.78 is 0. The molecule has 1 saturated carbocycles. The molecule has 0 atom stereocenters. The second kappa shape index (κ2) is 4.09. The molecule has 3 rings (SSSR count). The summed E-state index contributed by atoms with van der Waals surface area (Å²) in [6.07, 6.45) is 5.86. The maximum atomic E-state index is 9.24. The molecule has 0 radical (unpaired) electrons. The number of pyridine rings is 1. The van der Waals surface area contributed by atoms with Crippen LogP contribution in [-0.4, -0.2) is 22.2 Å². The number of fused-ring (bicyclic) bond motifs is 1. The number of nitrogens with zero attached hydrogens (tertiary/aromatic N) is 1. The number of hydrogen-bond acceptors (Lipinski definition) is 3. The number of rotatable bonds is 4. The van der Waals surface area contributed by atoms with Crippen molar-refractivity contribution in [2.24, 2.45) is 0 Å². The third-order valence-electron chi connectivity index (χ3n) is 3.53. The van der Waals surface area contributed by atoms with Crippen LogP contribution in [0.25, 0.3) is 10.8 Å². The highest BCUT2D eigenvalue weighted by Crippen LogP contribution is 2.34. The van der Waals surface area contributed by atoms with Gasteiger partial charge >= 0.3 is 0 Å². The monoisotopic (exact) mass is 228 g/mol. The highest BCUT2D eigenvalue weighted by Gasteiger charge is 2.41. The van der Waals surface area contributed by atoms with Crippen LogP contribution >= 0.6 is 0 Å². The predicted octanol–water partition coefficient (Wildman–Crippen LogP) is 1.85. The molecule has 1 aromatic heterocycles. The van der Waals surface area contributed by atoms with Gasteiger partial charge in [-0.25, -0.2) is 0 Å². The molecule has 0 aliphatic heterocycles. The van der Waals surface area contributed by atoms with Gasteiger partial charge in [0.2, 0.25) is 0 Å². The smallest absolute Gasteiger partial charge is 0.0613 e. The standard InChI is InChI=1S/C14H16N2O/c17-10-14(4-5-14)16-8-11-1-2-13-9-15-6-3-12(13)7-11/h1-3,6-7,9,16-17H,4-5,8,10H2. The zero-order valence-corrected chi connectivity index (χ0v) is 9.69. The second-order valence-corrected chi connectivity index (χ2v) is 4.85. The first-order valence-corrected chi connectivity index (χ1v) is 6.00. The summed E-state index contributed by atoms with van der Waals surface area (Å²) in [4.78, 5) is 4.10. The van der Waals surface area contributed by atoms with E-state index in [2.05, 4.69) is 28.5 Å². The number of hydrogen-bond donors (Lipinski definition) is 2. The molecule has 1 fully saturated rings. The summed E-state index contributed by atoms with van der Waals surface area (Å²) in [6, 6.07) is 8.41. The molecule has 1 aliphatic carbocycles. The van der Waals surface area contributed by atoms with Crippen LogP contribution in [0.2, 0.25) is 0 Å². The number of nitrogens with one attached hydrogen (secondary N) is 1. The molecule has 0 spiro atoms. The van der Waals surface area contributed by atoms with Gasteiger partial charge in [-0.1, -0.05) is 12.1 Å². The van der Waals surface area contributed by atoms with Gasteiger partial charge in [0.05, 0.1) is 6.61 Å². The zero-order valence-electron chi connectivity index (χ0n) is 9.69. The van der Waals surface area contributed by atoms with Crippen molar-refractivity contribution < 1.29 is 5.11 Å². The number of benzene rings is 1. The summed E-state index contributed by atoms with van der Waals surface area (Å²) in [7, 11) is 0. The van der Waals surface area contributed by atoms with Crippen molar-refractivity contribution in [3.63, 3.8) is 0 Å². The quantitative estimate of drug-likeness (QED) is 0.839. The first-order valence-electron chi connectivity index (χ1n) is 6.00. The maximum Gasteiger partial charge on any atom is 0.0613 e. The van der Waals surface area contributed by atoms with E-state index < -0.39 is 0 Å². The van der Waals surface area contributed by atoms with Gasteiger partial charge in [0.15, 0.2) is 0 Å². The van der Waals surface area contributed by atoms with E-state index >= 15 is 0 Å². The Morgan fingerprint density at radius 2 is 2.12 bits per heavy atom. The molecule has 88 valence electrons. The van der Waals surface area contributed by atoms with Gasteiger partial charge in [0, 0.05) is 29.9 Å². The molecule has 2 N–H and O–H groups in total. The van der Waals surface area contributed by atoms with Gasteiger partial charge in [-0.2, -0.15) is 0 Å². The average Bonchev–Trinajstić information content (AvgIpc) is 3.17. The summed E-state index contributed by atoms with van der Waals surface area (Å²) in [5, 5.41) is 15.1. The Kier molecular flexibility index (Phi) is 2.57. The normalized spacial score (nSPS) is 17.2. The topological polar surface area (TPSA) is 45.1 Å². The lowest BCUT2D eigenvalue weighted by atomic mass is 10.1. The molecule has 0 amide bonds. The molecule has 2 aromatic rings. The lowest BCUT2D eigenvalue weighted by Gasteiger charge is -2.14. The molecule has 0 saturated heterocycles. The van der Waals surface area contributed by atoms with Crippen molar-refractivity contribution >= 4 is 10.8 Å². The van der Waals surface area contributed by atoms with E-state index in [1.807, 2.05) is 18.5 Å². The minimum Gasteiger partial charge on any atom is -0.394 e. The van der Waals surface area contributed by atoms with Crippen LogP contribution < -0.4 is 5.32 Å². The Morgan fingerprint density at radius 1 is 1.24 bits per heavy atom. The first-order chi connectivity index (χ1) is 8.31. The fraction of sp³-hybridized carbons (Fsp3) is 0.357. The van der Waals surface area contributed by atoms with E-state index in [9.17, 15) is 5.11 Å². The Labute approximate surface area is 100 Å². The van der Waals surface area contributed by atoms with E-state index in [0.717, 1.165) is 19.4 Å². The molecule has 1 heterocycles. The van der Waals surface area contributed by atoms with Crippen LogP contribution in [0.5, 0.6) is 0 Å². The Morgan fingerprint density at radius 3 is 2.88 bits per heavy atom. The van der Waals surface area contributed by atoms with Crippen molar-refractivity contribution in [3.8, 4) is 0 Å². The van der Waals surface area contributed by atoms with E-state index in [4.69, 9.17) is 0 Å². The Bertz CT molecular complexity index is 534. The molecule has 0 bridgehead atoms. The number of aliphatic hydroxyl groups is 1. The van der Waals surface area contributed by atoms with Crippen molar-refractivity contribution in [1.29, 1.82) is 0 Å². The number of aliphatic hydroxyl groups excluding tert-OH is 1. The lowest BCUT2D eigenvalue weighted by Crippen LogP contribution is -2.34. The minimum absolute atomic E-state index is 0.00714. The van der Waals surface area contributed by atoms with Crippen molar-refractivity contribution in [1.82, 2.24) is 10.3 Å². The van der Waals surface area contributed by atoms with Gasteiger partial charge in [0.25, 0.3) is 0 Å². The highest BCUT2D eigenvalue weighted by molar-refractivity contribution is 5.81. The van der Waals surface area contributed by atoms with Crippen LogP contribution in [0, 0.1) is 0 Å². The van der Waals surface area contributed by atoms with Crippen LogP contribution in [0.15, 0.2) is 36.7 Å².